The summed E-state index contributed by atoms with van der Waals surface area (Å²) in [6.07, 6.45) is 0.858. The number of phenols is 1. The van der Waals surface area contributed by atoms with Gasteiger partial charge in [-0.15, -0.1) is 17.9 Å². The molecule has 0 radical (unpaired) electrons. The topological polar surface area (TPSA) is 156 Å². The van der Waals surface area contributed by atoms with E-state index in [-0.39, 0.29) is 61.8 Å². The van der Waals surface area contributed by atoms with Crippen LogP contribution < -0.4 is 21.3 Å². The lowest BCUT2D eigenvalue weighted by molar-refractivity contribution is -0.157. The average molecular weight is 682 g/mol. The van der Waals surface area contributed by atoms with Crippen LogP contribution in [0.2, 0.25) is 0 Å². The molecule has 0 aliphatic carbocycles. The van der Waals surface area contributed by atoms with Gasteiger partial charge in [0.1, 0.15) is 23.7 Å². The molecule has 49 heavy (non-hydrogen) atoms. The number of aromatic nitrogens is 1. The Balaban J connectivity index is 1.40. The largest absolute Gasteiger partial charge is 0.508 e. The molecule has 1 fully saturated rings. The minimum Gasteiger partial charge on any atom is -0.508 e. The Hall–Kier alpha value is -5.53. The molecule has 13 heteroatoms. The molecule has 0 bridgehead atoms. The van der Waals surface area contributed by atoms with E-state index in [2.05, 4.69) is 32.8 Å². The van der Waals surface area contributed by atoms with Gasteiger partial charge >= 0.3 is 6.03 Å². The maximum atomic E-state index is 14.3. The van der Waals surface area contributed by atoms with Crippen LogP contribution in [0.1, 0.15) is 32.2 Å². The Labute approximate surface area is 288 Å². The van der Waals surface area contributed by atoms with Crippen LogP contribution in [0.25, 0.3) is 0 Å². The number of aromatic hydroxyl groups is 1. The number of carbonyl (C=O) groups excluding carboxylic acids is 4. The number of benzene rings is 2. The van der Waals surface area contributed by atoms with Gasteiger partial charge in [0.2, 0.25) is 11.8 Å². The molecule has 12 nitrogen and oxygen atoms in total. The molecule has 5 amide bonds. The summed E-state index contributed by atoms with van der Waals surface area (Å²) in [4.78, 5) is 62.7. The molecule has 1 aliphatic heterocycles. The number of nitrogens with zero attached hydrogens (tertiary/aromatic N) is 3. The molecular weight excluding hydrogens is 643 g/mol. The highest BCUT2D eigenvalue weighted by Gasteiger charge is 2.43. The van der Waals surface area contributed by atoms with Crippen molar-refractivity contribution in [2.75, 3.05) is 19.6 Å². The second kappa shape index (κ2) is 17.0. The van der Waals surface area contributed by atoms with Gasteiger partial charge in [-0.1, -0.05) is 60.7 Å². The normalized spacial score (nSPS) is 15.8. The summed E-state index contributed by atoms with van der Waals surface area (Å²) in [5.41, 5.74) is 2.29. The van der Waals surface area contributed by atoms with Gasteiger partial charge in [0.15, 0.2) is 0 Å². The average Bonchev–Trinajstić information content (AvgIpc) is 3.64. The highest BCUT2D eigenvalue weighted by atomic mass is 32.1. The lowest BCUT2D eigenvalue weighted by atomic mass is 9.99. The summed E-state index contributed by atoms with van der Waals surface area (Å²) in [6, 6.07) is 23.2. The van der Waals surface area contributed by atoms with Gasteiger partial charge in [0.25, 0.3) is 5.91 Å². The predicted octanol–water partition coefficient (Wildman–Crippen LogP) is 3.16. The highest BCUT2D eigenvalue weighted by molar-refractivity contribution is 7.09. The van der Waals surface area contributed by atoms with Crippen molar-refractivity contribution in [2.24, 2.45) is 0 Å². The maximum absolute atomic E-state index is 14.3. The van der Waals surface area contributed by atoms with E-state index in [0.29, 0.717) is 24.3 Å². The van der Waals surface area contributed by atoms with Crippen molar-refractivity contribution in [3.63, 3.8) is 0 Å². The molecule has 3 heterocycles. The lowest BCUT2D eigenvalue weighted by Crippen LogP contribution is -2.69. The number of phenolic OH excluding ortho intramolecular Hbond substituents is 1. The van der Waals surface area contributed by atoms with Crippen LogP contribution in [0.15, 0.2) is 103 Å². The van der Waals surface area contributed by atoms with Crippen molar-refractivity contribution < 1.29 is 24.3 Å². The first-order valence-electron chi connectivity index (χ1n) is 15.8. The molecule has 254 valence electrons. The first-order chi connectivity index (χ1) is 23.8. The molecule has 1 aliphatic rings. The third-order valence-electron chi connectivity index (χ3n) is 7.87. The van der Waals surface area contributed by atoms with Crippen molar-refractivity contribution >= 4 is 35.1 Å². The fourth-order valence-corrected chi connectivity index (χ4v) is 6.14. The Morgan fingerprint density at radius 1 is 0.939 bits per heavy atom. The number of pyridine rings is 1. The smallest absolute Gasteiger partial charge is 0.316 e. The molecule has 0 saturated carbocycles. The van der Waals surface area contributed by atoms with Gasteiger partial charge in [0.05, 0.1) is 31.9 Å². The summed E-state index contributed by atoms with van der Waals surface area (Å²) in [7, 11) is 0. The van der Waals surface area contributed by atoms with E-state index < -0.39 is 18.2 Å². The monoisotopic (exact) mass is 681 g/mol. The van der Waals surface area contributed by atoms with Crippen LogP contribution in [0.5, 0.6) is 5.75 Å². The number of piperazine rings is 1. The summed E-state index contributed by atoms with van der Waals surface area (Å²) >= 11 is 1.54. The molecule has 2 aromatic carbocycles. The SMILES string of the molecule is C=CCNCC(=O)N1[C@@H](NC(=O)NCc2ccccc2)CN(Cc2cccc(C(=O)NCc3cccs3)n2)C(=O)[C@@H]1Cc1ccc(O)cc1. The Morgan fingerprint density at radius 2 is 1.73 bits per heavy atom. The van der Waals surface area contributed by atoms with Gasteiger partial charge in [-0.3, -0.25) is 14.4 Å². The van der Waals surface area contributed by atoms with E-state index in [9.17, 15) is 24.3 Å². The Bertz CT molecular complexity index is 1730. The summed E-state index contributed by atoms with van der Waals surface area (Å²) in [6.45, 7) is 4.63. The van der Waals surface area contributed by atoms with Gasteiger partial charge in [-0.25, -0.2) is 9.78 Å². The number of carbonyl (C=O) groups is 4. The fraction of sp³-hybridized carbons (Fsp3) is 0.250. The van der Waals surface area contributed by atoms with Crippen LogP contribution >= 0.6 is 11.3 Å². The number of amides is 5. The van der Waals surface area contributed by atoms with Crippen molar-refractivity contribution in [3.05, 3.63) is 130 Å². The summed E-state index contributed by atoms with van der Waals surface area (Å²) in [5, 5.41) is 23.4. The molecule has 0 unspecified atom stereocenters. The van der Waals surface area contributed by atoms with Crippen molar-refractivity contribution in [3.8, 4) is 5.75 Å². The number of hydrogen-bond acceptors (Lipinski definition) is 8. The zero-order valence-electron chi connectivity index (χ0n) is 26.9. The van der Waals surface area contributed by atoms with Crippen LogP contribution in [-0.4, -0.2) is 75.5 Å². The molecule has 4 aromatic rings. The molecule has 2 aromatic heterocycles. The molecule has 5 rings (SSSR count). The number of rotatable bonds is 14. The lowest BCUT2D eigenvalue weighted by Gasteiger charge is -2.46. The van der Waals surface area contributed by atoms with E-state index in [1.54, 1.807) is 41.3 Å². The van der Waals surface area contributed by atoms with Gasteiger partial charge in [-0.05, 0) is 46.8 Å². The zero-order chi connectivity index (χ0) is 34.6. The maximum Gasteiger partial charge on any atom is 0.316 e. The van der Waals surface area contributed by atoms with Crippen molar-refractivity contribution in [1.29, 1.82) is 0 Å². The first-order valence-corrected chi connectivity index (χ1v) is 16.7. The van der Waals surface area contributed by atoms with Gasteiger partial charge < -0.3 is 36.2 Å². The summed E-state index contributed by atoms with van der Waals surface area (Å²) in [5.74, 6) is -0.998. The quantitative estimate of drug-likeness (QED) is 0.101. The van der Waals surface area contributed by atoms with Crippen LogP contribution in [0.4, 0.5) is 4.79 Å². The van der Waals surface area contributed by atoms with Crippen LogP contribution in [0, 0.1) is 0 Å². The number of urea groups is 1. The van der Waals surface area contributed by atoms with E-state index >= 15 is 0 Å². The molecule has 2 atom stereocenters. The van der Waals surface area contributed by atoms with E-state index in [1.807, 2.05) is 47.8 Å². The molecule has 0 spiro atoms. The minimum absolute atomic E-state index is 0.0205. The van der Waals surface area contributed by atoms with Crippen LogP contribution in [-0.2, 0) is 35.6 Å². The Morgan fingerprint density at radius 3 is 2.47 bits per heavy atom. The van der Waals surface area contributed by atoms with Gasteiger partial charge in [-0.2, -0.15) is 0 Å². The van der Waals surface area contributed by atoms with E-state index in [4.69, 9.17) is 0 Å². The second-order valence-corrected chi connectivity index (χ2v) is 12.5. The highest BCUT2D eigenvalue weighted by Crippen LogP contribution is 2.23. The van der Waals surface area contributed by atoms with Gasteiger partial charge in [0, 0.05) is 24.4 Å². The van der Waals surface area contributed by atoms with Crippen molar-refractivity contribution in [1.82, 2.24) is 36.1 Å². The standard InChI is InChI=1S/C36H39N7O5S/c1-2-17-37-22-33(45)43-31(19-25-13-15-28(44)16-14-25)35(47)42(24-32(43)41-36(48)39-20-26-8-4-3-5-9-26)23-27-10-6-12-30(40-27)34(46)38-21-29-11-7-18-49-29/h2-16,18,31-32,37,44H,1,17,19-24H2,(H,38,46)(H2,39,41,48)/t31-,32+/m0/s1. The third kappa shape index (κ3) is 9.75. The molecular formula is C36H39N7O5S. The van der Waals surface area contributed by atoms with Crippen molar-refractivity contribution in [2.45, 2.75) is 38.3 Å². The zero-order valence-corrected chi connectivity index (χ0v) is 27.7. The molecule has 1 saturated heterocycles. The number of thiophene rings is 1. The van der Waals surface area contributed by atoms with E-state index in [1.165, 1.54) is 28.4 Å². The third-order valence-corrected chi connectivity index (χ3v) is 8.75. The van der Waals surface area contributed by atoms with E-state index in [0.717, 1.165) is 10.4 Å². The Kier molecular flexibility index (Phi) is 12.1. The fourth-order valence-electron chi connectivity index (χ4n) is 5.49. The number of hydrogen-bond donors (Lipinski definition) is 5. The predicted molar refractivity (Wildman–Crippen MR) is 186 cm³/mol. The minimum atomic E-state index is -0.993. The molecule has 5 N–H and O–H groups in total. The summed E-state index contributed by atoms with van der Waals surface area (Å²) < 4.78 is 0. The second-order valence-electron chi connectivity index (χ2n) is 11.4. The number of nitrogens with one attached hydrogen (secondary N) is 4. The first kappa shape index (κ1) is 34.8. The van der Waals surface area contributed by atoms with Crippen LogP contribution in [0.3, 0.4) is 0 Å².